The van der Waals surface area contributed by atoms with Crippen LogP contribution >= 0.6 is 0 Å². The molecule has 0 aromatic carbocycles. The van der Waals surface area contributed by atoms with Crippen LogP contribution in [0, 0.1) is 4.91 Å². The van der Waals surface area contributed by atoms with Crippen molar-refractivity contribution in [3.05, 3.63) is 30.2 Å². The molecule has 1 unspecified atom stereocenters. The minimum Gasteiger partial charge on any atom is -0.359 e. The molecule has 0 aliphatic carbocycles. The summed E-state index contributed by atoms with van der Waals surface area (Å²) >= 11 is 0. The highest BCUT2D eigenvalue weighted by molar-refractivity contribution is 4.91. The molecule has 15 heavy (non-hydrogen) atoms. The van der Waals surface area contributed by atoms with Gasteiger partial charge in [-0.2, -0.15) is 4.91 Å². The minimum absolute atomic E-state index is 0.107. The molecule has 0 radical (unpaired) electrons. The van der Waals surface area contributed by atoms with E-state index >= 15 is 0 Å². The zero-order chi connectivity index (χ0) is 11.6. The molecule has 0 spiro atoms. The molecule has 4 nitrogen and oxygen atoms in total. The number of methoxy groups -OCH3 is 1. The molecule has 0 bridgehead atoms. The van der Waals surface area contributed by atoms with Crippen LogP contribution in [0.1, 0.15) is 19.3 Å². The van der Waals surface area contributed by atoms with Gasteiger partial charge in [0.25, 0.3) is 0 Å². The van der Waals surface area contributed by atoms with E-state index in [-0.39, 0.29) is 13.3 Å². The number of ether oxygens (including phenoxy) is 2. The highest BCUT2D eigenvalue weighted by atomic mass is 16.7. The lowest BCUT2D eigenvalue weighted by Gasteiger charge is -2.29. The molecule has 0 saturated carbocycles. The van der Waals surface area contributed by atoms with Crippen molar-refractivity contribution < 1.29 is 9.47 Å². The number of nitrogens with zero attached hydrogens (tertiary/aromatic N) is 1. The molecule has 0 aliphatic rings. The predicted molar refractivity (Wildman–Crippen MR) is 60.6 cm³/mol. The molecule has 0 aromatic heterocycles. The Morgan fingerprint density at radius 2 is 2.13 bits per heavy atom. The van der Waals surface area contributed by atoms with Crippen LogP contribution in [0.2, 0.25) is 0 Å². The molecule has 0 heterocycles. The van der Waals surface area contributed by atoms with E-state index in [1.807, 2.05) is 0 Å². The summed E-state index contributed by atoms with van der Waals surface area (Å²) in [6.07, 6.45) is 5.56. The number of rotatable bonds is 10. The van der Waals surface area contributed by atoms with Crippen molar-refractivity contribution in [2.45, 2.75) is 24.9 Å². The lowest BCUT2D eigenvalue weighted by Crippen LogP contribution is -2.36. The molecule has 0 aromatic rings. The van der Waals surface area contributed by atoms with Gasteiger partial charge in [0.15, 0.2) is 0 Å². The third kappa shape index (κ3) is 5.44. The van der Waals surface area contributed by atoms with Crippen molar-refractivity contribution in [3.8, 4) is 0 Å². The van der Waals surface area contributed by atoms with Gasteiger partial charge in [0, 0.05) is 7.11 Å². The molecule has 1 atom stereocenters. The molecule has 86 valence electrons. The summed E-state index contributed by atoms with van der Waals surface area (Å²) in [4.78, 5) is 10.4. The van der Waals surface area contributed by atoms with Gasteiger partial charge in [-0.15, -0.1) is 13.2 Å². The normalized spacial score (nSPS) is 14.2. The van der Waals surface area contributed by atoms with Crippen LogP contribution in [-0.2, 0) is 9.47 Å². The maximum absolute atomic E-state index is 10.4. The molecule has 4 heteroatoms. The van der Waals surface area contributed by atoms with Crippen molar-refractivity contribution in [2.75, 3.05) is 20.4 Å². The van der Waals surface area contributed by atoms with Gasteiger partial charge in [-0.1, -0.05) is 17.3 Å². The second kappa shape index (κ2) is 8.32. The van der Waals surface area contributed by atoms with Crippen molar-refractivity contribution >= 4 is 0 Å². The van der Waals surface area contributed by atoms with Crippen molar-refractivity contribution in [3.63, 3.8) is 0 Å². The van der Waals surface area contributed by atoms with Crippen LogP contribution in [0.4, 0.5) is 0 Å². The van der Waals surface area contributed by atoms with Crippen LogP contribution in [0.5, 0.6) is 0 Å². The van der Waals surface area contributed by atoms with Crippen LogP contribution in [0.15, 0.2) is 30.5 Å². The van der Waals surface area contributed by atoms with E-state index < -0.39 is 5.60 Å². The fourth-order valence-corrected chi connectivity index (χ4v) is 1.35. The summed E-state index contributed by atoms with van der Waals surface area (Å²) in [5, 5.41) is 2.92. The zero-order valence-corrected chi connectivity index (χ0v) is 9.28. The Labute approximate surface area is 90.9 Å². The highest BCUT2D eigenvalue weighted by Gasteiger charge is 2.29. The van der Waals surface area contributed by atoms with Crippen LogP contribution in [0.25, 0.3) is 0 Å². The van der Waals surface area contributed by atoms with Crippen LogP contribution in [-0.4, -0.2) is 26.0 Å². The second-order valence-corrected chi connectivity index (χ2v) is 3.34. The van der Waals surface area contributed by atoms with Crippen molar-refractivity contribution in [1.29, 1.82) is 0 Å². The summed E-state index contributed by atoms with van der Waals surface area (Å²) < 4.78 is 10.4. The van der Waals surface area contributed by atoms with Gasteiger partial charge in [-0.25, -0.2) is 0 Å². The summed E-state index contributed by atoms with van der Waals surface area (Å²) in [7, 11) is 1.54. The predicted octanol–water partition coefficient (Wildman–Crippen LogP) is 2.65. The Hall–Kier alpha value is -1.00. The topological polar surface area (TPSA) is 47.9 Å². The Morgan fingerprint density at radius 3 is 2.60 bits per heavy atom. The third-order valence-corrected chi connectivity index (χ3v) is 2.16. The van der Waals surface area contributed by atoms with E-state index in [0.29, 0.717) is 12.8 Å². The van der Waals surface area contributed by atoms with Crippen molar-refractivity contribution in [1.82, 2.24) is 0 Å². The summed E-state index contributed by atoms with van der Waals surface area (Å²) in [6, 6.07) is 0. The van der Waals surface area contributed by atoms with E-state index in [4.69, 9.17) is 9.47 Å². The van der Waals surface area contributed by atoms with Gasteiger partial charge >= 0.3 is 0 Å². The van der Waals surface area contributed by atoms with Crippen LogP contribution < -0.4 is 0 Å². The first-order valence-electron chi connectivity index (χ1n) is 4.88. The quantitative estimate of drug-likeness (QED) is 0.318. The summed E-state index contributed by atoms with van der Waals surface area (Å²) in [5.41, 5.74) is -0.590. The molecule has 0 N–H and O–H groups in total. The molecule has 0 amide bonds. The largest absolute Gasteiger partial charge is 0.359 e. The molecule has 0 saturated heterocycles. The molecule has 0 aliphatic heterocycles. The SMILES string of the molecule is C=CCCC(CC=C)(CN=O)OCOC. The molecular formula is C11H19NO3. The zero-order valence-electron chi connectivity index (χ0n) is 9.28. The Kier molecular flexibility index (Phi) is 7.77. The van der Waals surface area contributed by atoms with Gasteiger partial charge in [0.05, 0.1) is 5.60 Å². The van der Waals surface area contributed by atoms with E-state index in [1.165, 1.54) is 0 Å². The Balaban J connectivity index is 4.45. The maximum atomic E-state index is 10.4. The first-order valence-corrected chi connectivity index (χ1v) is 4.88. The monoisotopic (exact) mass is 213 g/mol. The second-order valence-electron chi connectivity index (χ2n) is 3.34. The lowest BCUT2D eigenvalue weighted by molar-refractivity contribution is -0.128. The molecule has 0 fully saturated rings. The van der Waals surface area contributed by atoms with Gasteiger partial charge in [-0.3, -0.25) is 0 Å². The molecule has 0 rings (SSSR count). The summed E-state index contributed by atoms with van der Waals surface area (Å²) in [5.74, 6) is 0. The van der Waals surface area contributed by atoms with E-state index in [1.54, 1.807) is 19.3 Å². The average Bonchev–Trinajstić information content (AvgIpc) is 2.24. The van der Waals surface area contributed by atoms with E-state index in [2.05, 4.69) is 18.3 Å². The summed E-state index contributed by atoms with van der Waals surface area (Å²) in [6.45, 7) is 7.56. The number of hydrogen-bond donors (Lipinski definition) is 0. The van der Waals surface area contributed by atoms with Gasteiger partial charge in [-0.05, 0) is 19.3 Å². The smallest absolute Gasteiger partial charge is 0.147 e. The Morgan fingerprint density at radius 1 is 1.40 bits per heavy atom. The Bertz CT molecular complexity index is 194. The lowest BCUT2D eigenvalue weighted by atomic mass is 9.93. The maximum Gasteiger partial charge on any atom is 0.147 e. The van der Waals surface area contributed by atoms with Gasteiger partial charge in [0.1, 0.15) is 13.3 Å². The van der Waals surface area contributed by atoms with Gasteiger partial charge < -0.3 is 9.47 Å². The molecular weight excluding hydrogens is 194 g/mol. The van der Waals surface area contributed by atoms with Crippen molar-refractivity contribution in [2.24, 2.45) is 5.18 Å². The highest BCUT2D eigenvalue weighted by Crippen LogP contribution is 2.24. The fraction of sp³-hybridized carbons (Fsp3) is 0.636. The van der Waals surface area contributed by atoms with Gasteiger partial charge in [0.2, 0.25) is 0 Å². The first-order chi connectivity index (χ1) is 7.24. The average molecular weight is 213 g/mol. The number of nitroso groups, excluding NO2 is 1. The fourth-order valence-electron chi connectivity index (χ4n) is 1.35. The van der Waals surface area contributed by atoms with E-state index in [0.717, 1.165) is 6.42 Å². The standard InChI is InChI=1S/C11H19NO3/c1-4-6-8-11(7-5-2,9-12-13)15-10-14-3/h4-5H,1-2,6-10H2,3H3. The first kappa shape index (κ1) is 14.0. The minimum atomic E-state index is -0.590. The third-order valence-electron chi connectivity index (χ3n) is 2.16. The van der Waals surface area contributed by atoms with Crippen LogP contribution in [0.3, 0.4) is 0 Å². The number of hydrogen-bond acceptors (Lipinski definition) is 4. The number of allylic oxidation sites excluding steroid dienone is 1. The van der Waals surface area contributed by atoms with E-state index in [9.17, 15) is 4.91 Å².